The summed E-state index contributed by atoms with van der Waals surface area (Å²) < 4.78 is 47.6. The maximum Gasteiger partial charge on any atom is 0.425 e. The van der Waals surface area contributed by atoms with Crippen molar-refractivity contribution in [2.24, 2.45) is 0 Å². The number of ketones is 1. The van der Waals surface area contributed by atoms with Crippen LogP contribution in [-0.4, -0.2) is 17.5 Å². The molecule has 0 aliphatic heterocycles. The van der Waals surface area contributed by atoms with E-state index in [1.807, 2.05) is 30.3 Å². The lowest BCUT2D eigenvalue weighted by Gasteiger charge is -2.23. The lowest BCUT2D eigenvalue weighted by molar-refractivity contribution is -0.134. The van der Waals surface area contributed by atoms with Gasteiger partial charge in [-0.05, 0) is 39.5 Å². The van der Waals surface area contributed by atoms with E-state index in [9.17, 15) is 22.8 Å². The predicted octanol–water partition coefficient (Wildman–Crippen LogP) is 7.13. The van der Waals surface area contributed by atoms with E-state index in [1.165, 1.54) is 16.0 Å². The molecular formula is C33H34F3NO3S2. The van der Waals surface area contributed by atoms with Crippen LogP contribution in [0.25, 0.3) is 12.2 Å². The van der Waals surface area contributed by atoms with E-state index in [0.717, 1.165) is 28.5 Å². The molecule has 0 atom stereocenters. The summed E-state index contributed by atoms with van der Waals surface area (Å²) in [7, 11) is 1.58. The van der Waals surface area contributed by atoms with Crippen LogP contribution in [0.15, 0.2) is 58.7 Å². The van der Waals surface area contributed by atoms with E-state index in [4.69, 9.17) is 4.74 Å². The summed E-state index contributed by atoms with van der Waals surface area (Å²) >= 11 is 1.70. The molecule has 0 saturated carbocycles. The number of methoxy groups -OCH3 is 1. The van der Waals surface area contributed by atoms with Gasteiger partial charge in [0, 0.05) is 22.8 Å². The van der Waals surface area contributed by atoms with Crippen molar-refractivity contribution in [1.29, 1.82) is 0 Å². The molecule has 42 heavy (non-hydrogen) atoms. The molecule has 0 radical (unpaired) electrons. The number of nitrogens with zero attached hydrogens (tertiary/aromatic N) is 1. The molecule has 0 spiro atoms. The summed E-state index contributed by atoms with van der Waals surface area (Å²) in [4.78, 5) is 26.3. The predicted molar refractivity (Wildman–Crippen MR) is 165 cm³/mol. The lowest BCUT2D eigenvalue weighted by atomic mass is 9.85. The quantitative estimate of drug-likeness (QED) is 0.217. The highest BCUT2D eigenvalue weighted by atomic mass is 32.1. The fourth-order valence-corrected chi connectivity index (χ4v) is 6.35. The number of hydrogen-bond acceptors (Lipinski definition) is 5. The van der Waals surface area contributed by atoms with Crippen molar-refractivity contribution < 1.29 is 22.7 Å². The van der Waals surface area contributed by atoms with Crippen molar-refractivity contribution in [3.8, 4) is 5.75 Å². The summed E-state index contributed by atoms with van der Waals surface area (Å²) in [6.45, 7) is 12.3. The Morgan fingerprint density at radius 3 is 2.19 bits per heavy atom. The highest BCUT2D eigenvalue weighted by Gasteiger charge is 2.32. The van der Waals surface area contributed by atoms with Gasteiger partial charge in [0.2, 0.25) is 0 Å². The van der Waals surface area contributed by atoms with Gasteiger partial charge in [-0.15, -0.1) is 22.7 Å². The number of hydrogen-bond donors (Lipinski definition) is 0. The Hall–Kier alpha value is -3.43. The molecule has 0 N–H and O–H groups in total. The van der Waals surface area contributed by atoms with Crippen molar-refractivity contribution in [1.82, 2.24) is 4.57 Å². The van der Waals surface area contributed by atoms with Gasteiger partial charge in [-0.25, -0.2) is 0 Å². The summed E-state index contributed by atoms with van der Waals surface area (Å²) in [6, 6.07) is 14.1. The van der Waals surface area contributed by atoms with E-state index >= 15 is 0 Å². The third-order valence-electron chi connectivity index (χ3n) is 6.84. The average Bonchev–Trinajstić information content (AvgIpc) is 3.49. The van der Waals surface area contributed by atoms with E-state index < -0.39 is 16.6 Å². The van der Waals surface area contributed by atoms with Gasteiger partial charge in [0.25, 0.3) is 5.56 Å². The zero-order chi connectivity index (χ0) is 31.0. The van der Waals surface area contributed by atoms with Crippen LogP contribution in [0.3, 0.4) is 0 Å². The van der Waals surface area contributed by atoms with E-state index in [-0.39, 0.29) is 23.2 Å². The molecular weight excluding hydrogens is 579 g/mol. The molecule has 0 saturated heterocycles. The summed E-state index contributed by atoms with van der Waals surface area (Å²) in [5.74, 6) is 0.336. The van der Waals surface area contributed by atoms with Gasteiger partial charge >= 0.3 is 6.18 Å². The highest BCUT2D eigenvalue weighted by molar-refractivity contribution is 7.10. The maximum atomic E-state index is 13.7. The number of benzene rings is 2. The number of carbonyl (C=O) groups excluding carboxylic acids is 1. The van der Waals surface area contributed by atoms with Crippen molar-refractivity contribution in [2.45, 2.75) is 65.1 Å². The van der Waals surface area contributed by atoms with Gasteiger partial charge in [-0.2, -0.15) is 13.2 Å². The van der Waals surface area contributed by atoms with Crippen molar-refractivity contribution in [2.75, 3.05) is 7.11 Å². The van der Waals surface area contributed by atoms with Crippen LogP contribution >= 0.6 is 22.7 Å². The van der Waals surface area contributed by atoms with Gasteiger partial charge in [0.15, 0.2) is 5.78 Å². The first kappa shape index (κ1) is 31.5. The van der Waals surface area contributed by atoms with Crippen molar-refractivity contribution in [3.63, 3.8) is 0 Å². The van der Waals surface area contributed by atoms with E-state index in [2.05, 4.69) is 41.5 Å². The van der Waals surface area contributed by atoms with Crippen molar-refractivity contribution in [3.05, 3.63) is 106 Å². The monoisotopic (exact) mass is 613 g/mol. The molecule has 0 bridgehead atoms. The molecule has 4 rings (SSSR count). The minimum atomic E-state index is -4.47. The Kier molecular flexibility index (Phi) is 8.77. The second kappa shape index (κ2) is 11.7. The largest absolute Gasteiger partial charge is 0.496 e. The van der Waals surface area contributed by atoms with Crippen LogP contribution in [0.1, 0.15) is 79.0 Å². The zero-order valence-corrected chi connectivity index (χ0v) is 26.3. The molecule has 0 amide bonds. The lowest BCUT2D eigenvalue weighted by Crippen LogP contribution is -2.32. The third-order valence-corrected chi connectivity index (χ3v) is 8.93. The van der Waals surface area contributed by atoms with Crippen molar-refractivity contribution >= 4 is 40.6 Å². The molecule has 4 aromatic rings. The number of carbonyl (C=O) groups is 1. The Bertz CT molecular complexity index is 1780. The molecule has 0 unspecified atom stereocenters. The molecule has 0 fully saturated rings. The summed E-state index contributed by atoms with van der Waals surface area (Å²) in [6.07, 6.45) is -1.37. The van der Waals surface area contributed by atoms with Crippen LogP contribution < -0.4 is 19.5 Å². The standard InChI is InChI=1S/C33H34F3NO3S2/c1-31(2,3)23-13-11-21(12-14-23)25(38)17-28-37(18-20-15-27(41-19-20)33(34,35)36)30(39)26(42-28)16-22-9-8-10-24(29(22)40-7)32(4,5)6/h8-17,19H,18H2,1-7H3/b26-16+,28-17-. The number of rotatable bonds is 6. The molecule has 0 aliphatic carbocycles. The molecule has 2 aromatic heterocycles. The fourth-order valence-electron chi connectivity index (χ4n) is 4.54. The minimum Gasteiger partial charge on any atom is -0.496 e. The summed E-state index contributed by atoms with van der Waals surface area (Å²) in [5.41, 5.74) is 2.84. The maximum absolute atomic E-state index is 13.7. The Labute approximate surface area is 251 Å². The van der Waals surface area contributed by atoms with Gasteiger partial charge < -0.3 is 4.74 Å². The number of Topliss-reactive ketones (excluding diaryl/α,β-unsaturated/α-hetero) is 1. The normalized spacial score (nSPS) is 13.6. The number of halogens is 3. The first-order chi connectivity index (χ1) is 19.5. The number of thiophene rings is 1. The van der Waals surface area contributed by atoms with Crippen LogP contribution in [-0.2, 0) is 23.6 Å². The van der Waals surface area contributed by atoms with Gasteiger partial charge in [0.1, 0.15) is 15.3 Å². The molecule has 0 aliphatic rings. The second-order valence-electron chi connectivity index (χ2n) is 12.2. The first-order valence-corrected chi connectivity index (χ1v) is 15.1. The number of thiazole rings is 1. The van der Waals surface area contributed by atoms with Crippen LogP contribution in [0.2, 0.25) is 0 Å². The van der Waals surface area contributed by atoms with E-state index in [0.29, 0.717) is 43.0 Å². The Balaban J connectivity index is 1.88. The number of ether oxygens (including phenoxy) is 1. The zero-order valence-electron chi connectivity index (χ0n) is 24.7. The molecule has 4 nitrogen and oxygen atoms in total. The third kappa shape index (κ3) is 6.95. The number of alkyl halides is 3. The average molecular weight is 614 g/mol. The van der Waals surface area contributed by atoms with Crippen LogP contribution in [0.5, 0.6) is 5.75 Å². The van der Waals surface area contributed by atoms with Gasteiger partial charge in [-0.3, -0.25) is 14.2 Å². The van der Waals surface area contributed by atoms with Gasteiger partial charge in [0.05, 0.1) is 18.2 Å². The Morgan fingerprint density at radius 2 is 1.64 bits per heavy atom. The number of aromatic nitrogens is 1. The van der Waals surface area contributed by atoms with Crippen LogP contribution in [0, 0.1) is 0 Å². The SMILES string of the molecule is COc1c(/C=c2/s/c(=C\C(=O)c3ccc(C(C)(C)C)cc3)n(Cc3csc(C(F)(F)F)c3)c2=O)cccc1C(C)(C)C. The summed E-state index contributed by atoms with van der Waals surface area (Å²) in [5, 5.41) is 1.39. The smallest absolute Gasteiger partial charge is 0.425 e. The number of para-hydroxylation sites is 1. The Morgan fingerprint density at radius 1 is 0.976 bits per heavy atom. The molecule has 2 aromatic carbocycles. The fraction of sp³-hybridized carbons (Fsp3) is 0.333. The topological polar surface area (TPSA) is 48.3 Å². The first-order valence-electron chi connectivity index (χ1n) is 13.4. The van der Waals surface area contributed by atoms with Crippen LogP contribution in [0.4, 0.5) is 13.2 Å². The molecule has 222 valence electrons. The van der Waals surface area contributed by atoms with E-state index in [1.54, 1.807) is 25.3 Å². The minimum absolute atomic E-state index is 0.0780. The van der Waals surface area contributed by atoms with Gasteiger partial charge in [-0.1, -0.05) is 84.0 Å². The highest BCUT2D eigenvalue weighted by Crippen LogP contribution is 2.35. The molecule has 2 heterocycles. The molecule has 9 heteroatoms. The second-order valence-corrected chi connectivity index (χ2v) is 14.1.